The number of hydrazine groups is 1. The third-order valence-corrected chi connectivity index (χ3v) is 3.13. The molecular formula is C14H22N2O3. The Balaban J connectivity index is 2.08. The summed E-state index contributed by atoms with van der Waals surface area (Å²) in [6.45, 7) is 4.78. The summed E-state index contributed by atoms with van der Waals surface area (Å²) in [4.78, 5) is 0. The Hall–Kier alpha value is -1.30. The number of fused-ring (bicyclic) bond motifs is 1. The largest absolute Gasteiger partial charge is 0.490 e. The van der Waals surface area contributed by atoms with Gasteiger partial charge in [0.05, 0.1) is 13.2 Å². The van der Waals surface area contributed by atoms with Crippen LogP contribution in [-0.4, -0.2) is 26.4 Å². The summed E-state index contributed by atoms with van der Waals surface area (Å²) >= 11 is 0. The lowest BCUT2D eigenvalue weighted by atomic mass is 10.0. The quantitative estimate of drug-likeness (QED) is 0.467. The molecule has 3 N–H and O–H groups in total. The number of nitrogens with two attached hydrogens (primary N) is 1. The number of ether oxygens (including phenoxy) is 3. The monoisotopic (exact) mass is 266 g/mol. The van der Waals surface area contributed by atoms with Gasteiger partial charge in [-0.2, -0.15) is 0 Å². The SMILES string of the molecule is CCOCCC(NN)c1ccc2c(c1)OCCCO2. The summed E-state index contributed by atoms with van der Waals surface area (Å²) in [7, 11) is 0. The first-order valence-electron chi connectivity index (χ1n) is 6.78. The number of hydrogen-bond acceptors (Lipinski definition) is 5. The van der Waals surface area contributed by atoms with Crippen LogP contribution in [0.25, 0.3) is 0 Å². The van der Waals surface area contributed by atoms with E-state index < -0.39 is 0 Å². The molecule has 1 aromatic rings. The van der Waals surface area contributed by atoms with Crippen LogP contribution in [0.4, 0.5) is 0 Å². The minimum absolute atomic E-state index is 0.0590. The van der Waals surface area contributed by atoms with Gasteiger partial charge in [0, 0.05) is 25.7 Å². The molecular weight excluding hydrogens is 244 g/mol. The molecule has 5 heteroatoms. The number of rotatable bonds is 6. The Kier molecular flexibility index (Phi) is 5.44. The van der Waals surface area contributed by atoms with Crippen LogP contribution in [0.5, 0.6) is 11.5 Å². The van der Waals surface area contributed by atoms with Crippen LogP contribution in [0.3, 0.4) is 0 Å². The van der Waals surface area contributed by atoms with Crippen LogP contribution in [-0.2, 0) is 4.74 Å². The van der Waals surface area contributed by atoms with Gasteiger partial charge in [0.15, 0.2) is 11.5 Å². The molecule has 1 aliphatic heterocycles. The first-order chi connectivity index (χ1) is 9.35. The Labute approximate surface area is 114 Å². The summed E-state index contributed by atoms with van der Waals surface area (Å²) in [6, 6.07) is 6.02. The van der Waals surface area contributed by atoms with E-state index in [-0.39, 0.29) is 6.04 Å². The van der Waals surface area contributed by atoms with Gasteiger partial charge in [-0.15, -0.1) is 0 Å². The van der Waals surface area contributed by atoms with Crippen molar-refractivity contribution < 1.29 is 14.2 Å². The van der Waals surface area contributed by atoms with Gasteiger partial charge in [-0.25, -0.2) is 0 Å². The van der Waals surface area contributed by atoms with E-state index in [9.17, 15) is 0 Å². The van der Waals surface area contributed by atoms with Crippen molar-refractivity contribution in [2.24, 2.45) is 5.84 Å². The highest BCUT2D eigenvalue weighted by molar-refractivity contribution is 5.44. The summed E-state index contributed by atoms with van der Waals surface area (Å²) < 4.78 is 16.7. The van der Waals surface area contributed by atoms with Gasteiger partial charge in [-0.3, -0.25) is 11.3 Å². The standard InChI is InChI=1S/C14H22N2O3/c1-2-17-9-6-12(16-15)11-4-5-13-14(10-11)19-8-3-7-18-13/h4-5,10,12,16H,2-3,6-9,15H2,1H3. The molecule has 0 radical (unpaired) electrons. The molecule has 0 aromatic heterocycles. The maximum absolute atomic E-state index is 5.68. The lowest BCUT2D eigenvalue weighted by molar-refractivity contribution is 0.136. The van der Waals surface area contributed by atoms with Crippen LogP contribution in [0.15, 0.2) is 18.2 Å². The number of nitrogens with one attached hydrogen (secondary N) is 1. The molecule has 0 saturated heterocycles. The van der Waals surface area contributed by atoms with E-state index >= 15 is 0 Å². The van der Waals surface area contributed by atoms with Gasteiger partial charge in [-0.05, 0) is 31.0 Å². The van der Waals surface area contributed by atoms with Crippen molar-refractivity contribution in [1.82, 2.24) is 5.43 Å². The molecule has 106 valence electrons. The molecule has 1 heterocycles. The summed E-state index contributed by atoms with van der Waals surface area (Å²) in [5, 5.41) is 0. The smallest absolute Gasteiger partial charge is 0.161 e. The number of hydrogen-bond donors (Lipinski definition) is 2. The van der Waals surface area contributed by atoms with E-state index in [0.29, 0.717) is 19.8 Å². The van der Waals surface area contributed by atoms with E-state index in [1.54, 1.807) is 0 Å². The highest BCUT2D eigenvalue weighted by Gasteiger charge is 2.15. The maximum Gasteiger partial charge on any atom is 0.161 e. The molecule has 2 rings (SSSR count). The highest BCUT2D eigenvalue weighted by atomic mass is 16.5. The molecule has 19 heavy (non-hydrogen) atoms. The minimum Gasteiger partial charge on any atom is -0.490 e. The van der Waals surface area contributed by atoms with Crippen molar-refractivity contribution in [2.45, 2.75) is 25.8 Å². The Morgan fingerprint density at radius 1 is 1.32 bits per heavy atom. The van der Waals surface area contributed by atoms with Crippen molar-refractivity contribution in [3.8, 4) is 11.5 Å². The van der Waals surface area contributed by atoms with E-state index in [4.69, 9.17) is 20.1 Å². The van der Waals surface area contributed by atoms with Crippen LogP contribution in [0.1, 0.15) is 31.4 Å². The summed E-state index contributed by atoms with van der Waals surface area (Å²) in [5.74, 6) is 7.22. The second-order valence-corrected chi connectivity index (χ2v) is 4.46. The van der Waals surface area contributed by atoms with Gasteiger partial charge in [0.1, 0.15) is 0 Å². The normalized spacial score (nSPS) is 15.9. The van der Waals surface area contributed by atoms with Crippen molar-refractivity contribution >= 4 is 0 Å². The van der Waals surface area contributed by atoms with Crippen LogP contribution in [0, 0.1) is 0 Å². The fourth-order valence-corrected chi connectivity index (χ4v) is 2.09. The first-order valence-corrected chi connectivity index (χ1v) is 6.78. The molecule has 1 aromatic carbocycles. The van der Waals surface area contributed by atoms with Gasteiger partial charge in [-0.1, -0.05) is 6.07 Å². The molecule has 0 aliphatic carbocycles. The van der Waals surface area contributed by atoms with Crippen LogP contribution < -0.4 is 20.7 Å². The fraction of sp³-hybridized carbons (Fsp3) is 0.571. The zero-order chi connectivity index (χ0) is 13.5. The molecule has 1 atom stereocenters. The molecule has 0 bridgehead atoms. The minimum atomic E-state index is 0.0590. The second-order valence-electron chi connectivity index (χ2n) is 4.46. The average Bonchev–Trinajstić information content (AvgIpc) is 2.68. The third-order valence-electron chi connectivity index (χ3n) is 3.13. The summed E-state index contributed by atoms with van der Waals surface area (Å²) in [6.07, 6.45) is 1.73. The van der Waals surface area contributed by atoms with Crippen molar-refractivity contribution in [3.63, 3.8) is 0 Å². The fourth-order valence-electron chi connectivity index (χ4n) is 2.09. The Bertz CT molecular complexity index is 398. The molecule has 0 fully saturated rings. The number of benzene rings is 1. The highest BCUT2D eigenvalue weighted by Crippen LogP contribution is 2.32. The van der Waals surface area contributed by atoms with Gasteiger partial charge >= 0.3 is 0 Å². The van der Waals surface area contributed by atoms with Gasteiger partial charge in [0.25, 0.3) is 0 Å². The van der Waals surface area contributed by atoms with E-state index in [1.165, 1.54) is 0 Å². The molecule has 0 amide bonds. The molecule has 5 nitrogen and oxygen atoms in total. The molecule has 1 unspecified atom stereocenters. The molecule has 1 aliphatic rings. The average molecular weight is 266 g/mol. The molecule has 0 saturated carbocycles. The van der Waals surface area contributed by atoms with Gasteiger partial charge < -0.3 is 14.2 Å². The van der Waals surface area contributed by atoms with E-state index in [2.05, 4.69) is 5.43 Å². The van der Waals surface area contributed by atoms with Crippen molar-refractivity contribution in [1.29, 1.82) is 0 Å². The van der Waals surface area contributed by atoms with Crippen LogP contribution in [0.2, 0.25) is 0 Å². The van der Waals surface area contributed by atoms with Crippen molar-refractivity contribution in [2.75, 3.05) is 26.4 Å². The van der Waals surface area contributed by atoms with E-state index in [0.717, 1.165) is 36.5 Å². The predicted molar refractivity (Wildman–Crippen MR) is 73.2 cm³/mol. The Morgan fingerprint density at radius 2 is 2.11 bits per heavy atom. The lowest BCUT2D eigenvalue weighted by Crippen LogP contribution is -2.29. The third kappa shape index (κ3) is 3.83. The topological polar surface area (TPSA) is 65.7 Å². The van der Waals surface area contributed by atoms with Crippen molar-refractivity contribution in [3.05, 3.63) is 23.8 Å². The van der Waals surface area contributed by atoms with E-state index in [1.807, 2.05) is 25.1 Å². The molecule has 0 spiro atoms. The zero-order valence-corrected chi connectivity index (χ0v) is 11.4. The maximum atomic E-state index is 5.68. The van der Waals surface area contributed by atoms with Gasteiger partial charge in [0.2, 0.25) is 0 Å². The second kappa shape index (κ2) is 7.33. The first kappa shape index (κ1) is 14.1. The Morgan fingerprint density at radius 3 is 2.84 bits per heavy atom. The zero-order valence-electron chi connectivity index (χ0n) is 11.4. The summed E-state index contributed by atoms with van der Waals surface area (Å²) in [5.41, 5.74) is 3.91. The van der Waals surface area contributed by atoms with Crippen LogP contribution >= 0.6 is 0 Å². The predicted octanol–water partition coefficient (Wildman–Crippen LogP) is 1.78. The lowest BCUT2D eigenvalue weighted by Gasteiger charge is -2.18.